The number of hydrogen-bond donors (Lipinski definition) is 0. The van der Waals surface area contributed by atoms with Gasteiger partial charge in [-0.25, -0.2) is 4.68 Å². The van der Waals surface area contributed by atoms with Crippen LogP contribution in [0.3, 0.4) is 0 Å². The SMILES string of the molecule is CCCn1nnc2cc(-c3noc(-c4ccccc4OCC)n3)ccc21. The predicted molar refractivity (Wildman–Crippen MR) is 97.7 cm³/mol. The quantitative estimate of drug-likeness (QED) is 0.524. The fourth-order valence-corrected chi connectivity index (χ4v) is 2.86. The van der Waals surface area contributed by atoms with Crippen molar-refractivity contribution in [1.29, 1.82) is 0 Å². The second-order valence-electron chi connectivity index (χ2n) is 5.87. The maximum absolute atomic E-state index is 5.64. The van der Waals surface area contributed by atoms with Crippen molar-refractivity contribution in [2.75, 3.05) is 6.61 Å². The highest BCUT2D eigenvalue weighted by Gasteiger charge is 2.15. The molecule has 0 radical (unpaired) electrons. The molecule has 132 valence electrons. The van der Waals surface area contributed by atoms with Gasteiger partial charge < -0.3 is 9.26 Å². The van der Waals surface area contributed by atoms with Crippen LogP contribution >= 0.6 is 0 Å². The fraction of sp³-hybridized carbons (Fsp3) is 0.263. The van der Waals surface area contributed by atoms with Crippen molar-refractivity contribution < 1.29 is 9.26 Å². The first-order valence-electron chi connectivity index (χ1n) is 8.69. The number of rotatable bonds is 6. The van der Waals surface area contributed by atoms with E-state index >= 15 is 0 Å². The molecule has 0 unspecified atom stereocenters. The molecule has 0 saturated heterocycles. The number of ether oxygens (including phenoxy) is 1. The van der Waals surface area contributed by atoms with Crippen LogP contribution in [0.4, 0.5) is 0 Å². The van der Waals surface area contributed by atoms with Gasteiger partial charge in [-0.2, -0.15) is 4.98 Å². The van der Waals surface area contributed by atoms with Gasteiger partial charge in [0.2, 0.25) is 5.82 Å². The minimum Gasteiger partial charge on any atom is -0.493 e. The topological polar surface area (TPSA) is 78.9 Å². The summed E-state index contributed by atoms with van der Waals surface area (Å²) in [6.45, 7) is 5.47. The lowest BCUT2D eigenvalue weighted by molar-refractivity contribution is 0.339. The zero-order chi connectivity index (χ0) is 17.9. The zero-order valence-corrected chi connectivity index (χ0v) is 14.7. The van der Waals surface area contributed by atoms with Crippen LogP contribution in [-0.4, -0.2) is 31.7 Å². The fourth-order valence-electron chi connectivity index (χ4n) is 2.86. The summed E-state index contributed by atoms with van der Waals surface area (Å²) < 4.78 is 13.0. The molecule has 0 N–H and O–H groups in total. The van der Waals surface area contributed by atoms with Crippen LogP contribution in [0.5, 0.6) is 5.75 Å². The summed E-state index contributed by atoms with van der Waals surface area (Å²) in [7, 11) is 0. The third kappa shape index (κ3) is 2.92. The third-order valence-corrected chi connectivity index (χ3v) is 4.05. The summed E-state index contributed by atoms with van der Waals surface area (Å²) in [5, 5.41) is 12.5. The number of benzene rings is 2. The normalized spacial score (nSPS) is 11.2. The van der Waals surface area contributed by atoms with Gasteiger partial charge in [-0.3, -0.25) is 0 Å². The van der Waals surface area contributed by atoms with Gasteiger partial charge in [0.25, 0.3) is 5.89 Å². The molecule has 0 aliphatic rings. The number of hydrogen-bond acceptors (Lipinski definition) is 6. The summed E-state index contributed by atoms with van der Waals surface area (Å²) in [4.78, 5) is 4.53. The summed E-state index contributed by atoms with van der Waals surface area (Å²) in [6, 6.07) is 13.5. The Balaban J connectivity index is 1.69. The van der Waals surface area contributed by atoms with E-state index in [1.54, 1.807) is 0 Å². The summed E-state index contributed by atoms with van der Waals surface area (Å²) in [5.41, 5.74) is 3.44. The molecule has 0 amide bonds. The van der Waals surface area contributed by atoms with Gasteiger partial charge in [-0.05, 0) is 43.7 Å². The van der Waals surface area contributed by atoms with Crippen molar-refractivity contribution in [3.05, 3.63) is 42.5 Å². The Morgan fingerprint density at radius 1 is 1.12 bits per heavy atom. The van der Waals surface area contributed by atoms with Crippen LogP contribution in [0.15, 0.2) is 47.0 Å². The first-order valence-corrected chi connectivity index (χ1v) is 8.69. The van der Waals surface area contributed by atoms with Crippen LogP contribution in [0, 0.1) is 0 Å². The highest BCUT2D eigenvalue weighted by Crippen LogP contribution is 2.30. The van der Waals surface area contributed by atoms with Crippen molar-refractivity contribution >= 4 is 11.0 Å². The summed E-state index contributed by atoms with van der Waals surface area (Å²) >= 11 is 0. The Labute approximate surface area is 150 Å². The van der Waals surface area contributed by atoms with Gasteiger partial charge >= 0.3 is 0 Å². The molecule has 4 aromatic rings. The smallest absolute Gasteiger partial charge is 0.262 e. The van der Waals surface area contributed by atoms with Gasteiger partial charge in [-0.15, -0.1) is 5.10 Å². The zero-order valence-electron chi connectivity index (χ0n) is 14.7. The van der Waals surface area contributed by atoms with Crippen LogP contribution in [-0.2, 0) is 6.54 Å². The summed E-state index contributed by atoms with van der Waals surface area (Å²) in [5.74, 6) is 1.67. The van der Waals surface area contributed by atoms with Crippen LogP contribution in [0.1, 0.15) is 20.3 Å². The lowest BCUT2D eigenvalue weighted by Crippen LogP contribution is -1.98. The van der Waals surface area contributed by atoms with E-state index in [2.05, 4.69) is 27.4 Å². The lowest BCUT2D eigenvalue weighted by Gasteiger charge is -2.05. The molecule has 4 rings (SSSR count). The summed E-state index contributed by atoms with van der Waals surface area (Å²) in [6.07, 6.45) is 1.01. The van der Waals surface area contributed by atoms with Crippen molar-refractivity contribution in [3.63, 3.8) is 0 Å². The Kier molecular flexibility index (Phi) is 4.35. The van der Waals surface area contributed by atoms with Crippen LogP contribution < -0.4 is 4.74 Å². The van der Waals surface area contributed by atoms with Crippen molar-refractivity contribution in [3.8, 4) is 28.6 Å². The Morgan fingerprint density at radius 3 is 2.85 bits per heavy atom. The largest absolute Gasteiger partial charge is 0.493 e. The molecule has 2 aromatic heterocycles. The number of fused-ring (bicyclic) bond motifs is 1. The van der Waals surface area contributed by atoms with Gasteiger partial charge in [0.1, 0.15) is 11.3 Å². The van der Waals surface area contributed by atoms with Crippen LogP contribution in [0.25, 0.3) is 33.9 Å². The number of nitrogens with zero attached hydrogens (tertiary/aromatic N) is 5. The average molecular weight is 349 g/mol. The van der Waals surface area contributed by atoms with Gasteiger partial charge in [0.15, 0.2) is 0 Å². The molecule has 0 atom stereocenters. The van der Waals surface area contributed by atoms with Crippen molar-refractivity contribution in [1.82, 2.24) is 25.1 Å². The molecule has 26 heavy (non-hydrogen) atoms. The van der Waals surface area contributed by atoms with E-state index in [1.165, 1.54) is 0 Å². The van der Waals surface area contributed by atoms with Crippen molar-refractivity contribution in [2.24, 2.45) is 0 Å². The monoisotopic (exact) mass is 349 g/mol. The van der Waals surface area contributed by atoms with E-state index in [0.717, 1.165) is 40.9 Å². The first kappa shape index (κ1) is 16.3. The number of aromatic nitrogens is 5. The molecule has 0 bridgehead atoms. The van der Waals surface area contributed by atoms with Gasteiger partial charge in [0.05, 0.1) is 17.7 Å². The molecule has 0 fully saturated rings. The maximum atomic E-state index is 5.64. The Morgan fingerprint density at radius 2 is 2.00 bits per heavy atom. The molecular formula is C19H19N5O2. The number of para-hydroxylation sites is 1. The molecule has 2 aromatic carbocycles. The molecule has 7 nitrogen and oxygen atoms in total. The Bertz CT molecular complexity index is 1040. The van der Waals surface area contributed by atoms with E-state index in [9.17, 15) is 0 Å². The van der Waals surface area contributed by atoms with E-state index in [1.807, 2.05) is 54.1 Å². The maximum Gasteiger partial charge on any atom is 0.262 e. The van der Waals surface area contributed by atoms with Gasteiger partial charge in [0, 0.05) is 12.1 Å². The molecule has 2 heterocycles. The van der Waals surface area contributed by atoms with E-state index in [-0.39, 0.29) is 0 Å². The Hall–Kier alpha value is -3.22. The third-order valence-electron chi connectivity index (χ3n) is 4.05. The second-order valence-corrected chi connectivity index (χ2v) is 5.87. The highest BCUT2D eigenvalue weighted by molar-refractivity contribution is 5.80. The standard InChI is InChI=1S/C19H19N5O2/c1-3-11-24-16-10-9-13(12-15(16)21-23-24)18-20-19(26-22-18)14-7-5-6-8-17(14)25-4-2/h5-10,12H,3-4,11H2,1-2H3. The minimum atomic E-state index is 0.429. The molecule has 0 aliphatic heterocycles. The predicted octanol–water partition coefficient (Wildman–Crippen LogP) is 3.96. The highest BCUT2D eigenvalue weighted by atomic mass is 16.5. The molecule has 7 heteroatoms. The van der Waals surface area contributed by atoms with E-state index in [0.29, 0.717) is 18.3 Å². The molecule has 0 aliphatic carbocycles. The second kappa shape index (κ2) is 6.95. The van der Waals surface area contributed by atoms with Crippen LogP contribution in [0.2, 0.25) is 0 Å². The molecular weight excluding hydrogens is 330 g/mol. The minimum absolute atomic E-state index is 0.429. The average Bonchev–Trinajstić information content (AvgIpc) is 3.30. The lowest BCUT2D eigenvalue weighted by atomic mass is 10.2. The van der Waals surface area contributed by atoms with Gasteiger partial charge in [-0.1, -0.05) is 29.4 Å². The molecule has 0 spiro atoms. The first-order chi connectivity index (χ1) is 12.8. The van der Waals surface area contributed by atoms with Crippen molar-refractivity contribution in [2.45, 2.75) is 26.8 Å². The molecule has 0 saturated carbocycles. The number of aryl methyl sites for hydroxylation is 1. The van der Waals surface area contributed by atoms with E-state index < -0.39 is 0 Å². The van der Waals surface area contributed by atoms with E-state index in [4.69, 9.17) is 9.26 Å².